The fraction of sp³-hybridized carbons (Fsp3) is 0.154. The Kier molecular flexibility index (Phi) is 3.56. The summed E-state index contributed by atoms with van der Waals surface area (Å²) in [5.41, 5.74) is 9.34. The highest BCUT2D eigenvalue weighted by Gasteiger charge is 2.11. The number of hydrogen-bond acceptors (Lipinski definition) is 4. The molecule has 0 spiro atoms. The molecule has 2 rings (SSSR count). The predicted octanol–water partition coefficient (Wildman–Crippen LogP) is 2.34. The molecule has 2 aromatic rings. The number of aldehydes is 1. The van der Waals surface area contributed by atoms with Gasteiger partial charge in [-0.3, -0.25) is 4.79 Å². The van der Waals surface area contributed by atoms with E-state index in [-0.39, 0.29) is 6.61 Å². The van der Waals surface area contributed by atoms with Crippen LogP contribution in [0, 0.1) is 0 Å². The summed E-state index contributed by atoms with van der Waals surface area (Å²) in [6.07, 6.45) is 1.37. The molecule has 0 amide bonds. The highest BCUT2D eigenvalue weighted by Crippen LogP contribution is 2.33. The van der Waals surface area contributed by atoms with Gasteiger partial charge < -0.3 is 10.8 Å². The topological polar surface area (TPSA) is 63.3 Å². The Labute approximate surface area is 104 Å². The van der Waals surface area contributed by atoms with E-state index in [4.69, 9.17) is 10.8 Å². The summed E-state index contributed by atoms with van der Waals surface area (Å²) in [6.45, 7) is 0.0673. The van der Waals surface area contributed by atoms with Crippen molar-refractivity contribution in [3.05, 3.63) is 40.1 Å². The van der Waals surface area contributed by atoms with Gasteiger partial charge in [0.25, 0.3) is 0 Å². The van der Waals surface area contributed by atoms with Gasteiger partial charge in [-0.25, -0.2) is 0 Å². The summed E-state index contributed by atoms with van der Waals surface area (Å²) in [6, 6.07) is 7.57. The molecule has 0 radical (unpaired) electrons. The SMILES string of the molecule is Nc1c(CCO)cccc1-c1ccsc1C=O. The molecule has 0 aliphatic carbocycles. The number of anilines is 1. The molecule has 0 aliphatic rings. The van der Waals surface area contributed by atoms with E-state index in [0.717, 1.165) is 23.0 Å². The van der Waals surface area contributed by atoms with E-state index in [1.54, 1.807) is 0 Å². The van der Waals surface area contributed by atoms with Crippen molar-refractivity contribution in [2.24, 2.45) is 0 Å². The van der Waals surface area contributed by atoms with E-state index in [1.807, 2.05) is 29.6 Å². The Balaban J connectivity index is 2.52. The number of aliphatic hydroxyl groups excluding tert-OH is 1. The van der Waals surface area contributed by atoms with Gasteiger partial charge in [-0.05, 0) is 23.4 Å². The van der Waals surface area contributed by atoms with Gasteiger partial charge >= 0.3 is 0 Å². The molecular weight excluding hydrogens is 234 g/mol. The molecule has 88 valence electrons. The molecular formula is C13H13NO2S. The molecule has 0 unspecified atom stereocenters. The molecule has 1 aromatic carbocycles. The van der Waals surface area contributed by atoms with Crippen LogP contribution in [0.3, 0.4) is 0 Å². The summed E-state index contributed by atoms with van der Waals surface area (Å²) >= 11 is 1.40. The number of thiophene rings is 1. The van der Waals surface area contributed by atoms with Crippen molar-refractivity contribution in [2.75, 3.05) is 12.3 Å². The van der Waals surface area contributed by atoms with Gasteiger partial charge in [0.2, 0.25) is 0 Å². The lowest BCUT2D eigenvalue weighted by Crippen LogP contribution is -1.99. The van der Waals surface area contributed by atoms with Crippen molar-refractivity contribution in [3.8, 4) is 11.1 Å². The Hall–Kier alpha value is -1.65. The molecule has 0 aliphatic heterocycles. The van der Waals surface area contributed by atoms with Crippen LogP contribution in [-0.4, -0.2) is 18.0 Å². The molecule has 0 saturated carbocycles. The van der Waals surface area contributed by atoms with Crippen LogP contribution in [0.25, 0.3) is 11.1 Å². The Morgan fingerprint density at radius 3 is 2.82 bits per heavy atom. The summed E-state index contributed by atoms with van der Waals surface area (Å²) in [5.74, 6) is 0. The molecule has 17 heavy (non-hydrogen) atoms. The fourth-order valence-corrected chi connectivity index (χ4v) is 2.53. The first-order valence-corrected chi connectivity index (χ1v) is 6.17. The maximum atomic E-state index is 10.9. The summed E-state index contributed by atoms with van der Waals surface area (Å²) in [7, 11) is 0. The smallest absolute Gasteiger partial charge is 0.160 e. The molecule has 0 atom stereocenters. The first-order chi connectivity index (χ1) is 8.27. The van der Waals surface area contributed by atoms with Crippen LogP contribution in [0.4, 0.5) is 5.69 Å². The standard InChI is InChI=1S/C13H13NO2S/c14-13-9(4-6-15)2-1-3-11(13)10-5-7-17-12(10)8-16/h1-3,5,7-8,15H,4,6,14H2. The third kappa shape index (κ3) is 2.23. The largest absolute Gasteiger partial charge is 0.398 e. The van der Waals surface area contributed by atoms with Crippen molar-refractivity contribution in [1.82, 2.24) is 0 Å². The second kappa shape index (κ2) is 5.12. The number of aliphatic hydroxyl groups is 1. The van der Waals surface area contributed by atoms with Crippen molar-refractivity contribution >= 4 is 23.3 Å². The second-order valence-corrected chi connectivity index (χ2v) is 4.62. The number of hydrogen-bond donors (Lipinski definition) is 2. The van der Waals surface area contributed by atoms with Crippen molar-refractivity contribution in [3.63, 3.8) is 0 Å². The number of nitrogens with two attached hydrogens (primary N) is 1. The van der Waals surface area contributed by atoms with Gasteiger partial charge in [-0.15, -0.1) is 11.3 Å². The summed E-state index contributed by atoms with van der Waals surface area (Å²) < 4.78 is 0. The number of para-hydroxylation sites is 1. The maximum absolute atomic E-state index is 10.9. The van der Waals surface area contributed by atoms with Crippen LogP contribution in [0.1, 0.15) is 15.2 Å². The lowest BCUT2D eigenvalue weighted by atomic mass is 9.99. The second-order valence-electron chi connectivity index (χ2n) is 3.67. The number of carbonyl (C=O) groups excluding carboxylic acids is 1. The van der Waals surface area contributed by atoms with Gasteiger partial charge in [0.15, 0.2) is 6.29 Å². The third-order valence-corrected chi connectivity index (χ3v) is 3.51. The van der Waals surface area contributed by atoms with Gasteiger partial charge in [0, 0.05) is 23.4 Å². The van der Waals surface area contributed by atoms with E-state index >= 15 is 0 Å². The van der Waals surface area contributed by atoms with Crippen LogP contribution in [-0.2, 0) is 6.42 Å². The van der Waals surface area contributed by atoms with Crippen molar-refractivity contribution in [2.45, 2.75) is 6.42 Å². The van der Waals surface area contributed by atoms with E-state index in [1.165, 1.54) is 11.3 Å². The van der Waals surface area contributed by atoms with Crippen LogP contribution in [0.5, 0.6) is 0 Å². The first kappa shape index (κ1) is 11.8. The Morgan fingerprint density at radius 2 is 2.12 bits per heavy atom. The van der Waals surface area contributed by atoms with E-state index in [9.17, 15) is 4.79 Å². The number of nitrogen functional groups attached to an aromatic ring is 1. The Morgan fingerprint density at radius 1 is 1.29 bits per heavy atom. The van der Waals surface area contributed by atoms with Gasteiger partial charge in [0.05, 0.1) is 4.88 Å². The average Bonchev–Trinajstić information content (AvgIpc) is 2.80. The van der Waals surface area contributed by atoms with Gasteiger partial charge in [-0.2, -0.15) is 0 Å². The quantitative estimate of drug-likeness (QED) is 0.644. The van der Waals surface area contributed by atoms with Crippen LogP contribution in [0.15, 0.2) is 29.6 Å². The lowest BCUT2D eigenvalue weighted by molar-refractivity contribution is 0.112. The average molecular weight is 247 g/mol. The van der Waals surface area contributed by atoms with Gasteiger partial charge in [0.1, 0.15) is 0 Å². The molecule has 0 saturated heterocycles. The fourth-order valence-electron chi connectivity index (χ4n) is 1.82. The Bertz CT molecular complexity index is 534. The highest BCUT2D eigenvalue weighted by atomic mass is 32.1. The minimum Gasteiger partial charge on any atom is -0.398 e. The zero-order chi connectivity index (χ0) is 12.3. The highest BCUT2D eigenvalue weighted by molar-refractivity contribution is 7.12. The number of carbonyl (C=O) groups is 1. The van der Waals surface area contributed by atoms with E-state index in [0.29, 0.717) is 17.0 Å². The molecule has 0 bridgehead atoms. The van der Waals surface area contributed by atoms with Crippen LogP contribution < -0.4 is 5.73 Å². The zero-order valence-electron chi connectivity index (χ0n) is 9.22. The lowest BCUT2D eigenvalue weighted by Gasteiger charge is -2.09. The van der Waals surface area contributed by atoms with E-state index < -0.39 is 0 Å². The third-order valence-electron chi connectivity index (χ3n) is 2.67. The first-order valence-electron chi connectivity index (χ1n) is 5.29. The molecule has 0 fully saturated rings. The van der Waals surface area contributed by atoms with Crippen LogP contribution in [0.2, 0.25) is 0 Å². The molecule has 3 N–H and O–H groups in total. The zero-order valence-corrected chi connectivity index (χ0v) is 10.0. The monoisotopic (exact) mass is 247 g/mol. The van der Waals surface area contributed by atoms with E-state index in [2.05, 4.69) is 0 Å². The molecule has 1 heterocycles. The van der Waals surface area contributed by atoms with Crippen LogP contribution >= 0.6 is 11.3 Å². The minimum absolute atomic E-state index is 0.0673. The van der Waals surface area contributed by atoms with Crippen molar-refractivity contribution in [1.29, 1.82) is 0 Å². The normalized spacial score (nSPS) is 10.4. The summed E-state index contributed by atoms with van der Waals surface area (Å²) in [5, 5.41) is 10.8. The maximum Gasteiger partial charge on any atom is 0.160 e. The molecule has 4 heteroatoms. The number of benzene rings is 1. The van der Waals surface area contributed by atoms with Crippen molar-refractivity contribution < 1.29 is 9.90 Å². The summed E-state index contributed by atoms with van der Waals surface area (Å²) in [4.78, 5) is 11.6. The predicted molar refractivity (Wildman–Crippen MR) is 70.3 cm³/mol. The molecule has 1 aromatic heterocycles. The minimum atomic E-state index is 0.0673. The number of rotatable bonds is 4. The molecule has 3 nitrogen and oxygen atoms in total. The van der Waals surface area contributed by atoms with Gasteiger partial charge in [-0.1, -0.05) is 18.2 Å².